The van der Waals surface area contributed by atoms with Crippen molar-refractivity contribution in [2.75, 3.05) is 32.1 Å². The Labute approximate surface area is 101 Å². The van der Waals surface area contributed by atoms with Crippen LogP contribution in [0.3, 0.4) is 0 Å². The van der Waals surface area contributed by atoms with Crippen molar-refractivity contribution in [3.63, 3.8) is 0 Å². The topological polar surface area (TPSA) is 58.4 Å². The van der Waals surface area contributed by atoms with E-state index in [9.17, 15) is 9.18 Å². The van der Waals surface area contributed by atoms with Crippen LogP contribution in [0.1, 0.15) is 16.8 Å². The first-order chi connectivity index (χ1) is 8.06. The molecule has 0 aliphatic rings. The molecule has 3 N–H and O–H groups in total. The van der Waals surface area contributed by atoms with Crippen LogP contribution in [-0.2, 0) is 0 Å². The molecule has 0 aromatic heterocycles. The van der Waals surface area contributed by atoms with Gasteiger partial charge in [-0.3, -0.25) is 4.79 Å². The van der Waals surface area contributed by atoms with E-state index in [4.69, 9.17) is 5.73 Å². The summed E-state index contributed by atoms with van der Waals surface area (Å²) >= 11 is 0. The first-order valence-corrected chi connectivity index (χ1v) is 5.51. The lowest BCUT2D eigenvalue weighted by atomic mass is 10.1. The van der Waals surface area contributed by atoms with Crippen LogP contribution in [0.15, 0.2) is 18.2 Å². The Morgan fingerprint density at radius 1 is 1.53 bits per heavy atom. The number of hydrogen-bond donors (Lipinski definition) is 2. The fourth-order valence-corrected chi connectivity index (χ4v) is 1.58. The molecule has 5 heteroatoms. The summed E-state index contributed by atoms with van der Waals surface area (Å²) in [4.78, 5) is 12.7. The molecule has 0 unspecified atom stereocenters. The number of benzene rings is 1. The third kappa shape index (κ3) is 3.71. The molecule has 0 saturated heterocycles. The Bertz CT molecular complexity index is 395. The van der Waals surface area contributed by atoms with Gasteiger partial charge in [0.05, 0.1) is 5.69 Å². The number of primary amides is 1. The van der Waals surface area contributed by atoms with Crippen molar-refractivity contribution in [3.8, 4) is 0 Å². The number of anilines is 1. The molecule has 1 aromatic rings. The van der Waals surface area contributed by atoms with Gasteiger partial charge in [0.1, 0.15) is 5.82 Å². The van der Waals surface area contributed by atoms with E-state index in [2.05, 4.69) is 5.32 Å². The van der Waals surface area contributed by atoms with Crippen LogP contribution in [0.4, 0.5) is 10.1 Å². The molecule has 0 bridgehead atoms. The first kappa shape index (κ1) is 13.4. The second kappa shape index (κ2) is 6.20. The Morgan fingerprint density at radius 3 is 2.76 bits per heavy atom. The normalized spacial score (nSPS) is 10.3. The SMILES string of the molecule is CNCCCN(C)c1ccc(C(N)=O)cc1F. The van der Waals surface area contributed by atoms with Gasteiger partial charge in [-0.1, -0.05) is 0 Å². The standard InChI is InChI=1S/C12H18FN3O/c1-15-6-3-7-16(2)11-5-4-9(12(14)17)8-10(11)13/h4-5,8,15H,3,6-7H2,1-2H3,(H2,14,17). The van der Waals surface area contributed by atoms with E-state index >= 15 is 0 Å². The molecule has 1 aromatic carbocycles. The molecule has 0 aliphatic heterocycles. The highest BCUT2D eigenvalue weighted by Crippen LogP contribution is 2.19. The number of carbonyl (C=O) groups is 1. The lowest BCUT2D eigenvalue weighted by molar-refractivity contribution is 0.1000. The molecule has 0 spiro atoms. The van der Waals surface area contributed by atoms with Crippen LogP contribution in [-0.4, -0.2) is 33.1 Å². The lowest BCUT2D eigenvalue weighted by Gasteiger charge is -2.20. The average molecular weight is 239 g/mol. The van der Waals surface area contributed by atoms with E-state index < -0.39 is 11.7 Å². The summed E-state index contributed by atoms with van der Waals surface area (Å²) < 4.78 is 13.7. The number of amides is 1. The molecule has 4 nitrogen and oxygen atoms in total. The number of nitrogens with two attached hydrogens (primary N) is 1. The van der Waals surface area contributed by atoms with Crippen LogP contribution in [0.5, 0.6) is 0 Å². The predicted molar refractivity (Wildman–Crippen MR) is 66.7 cm³/mol. The van der Waals surface area contributed by atoms with Crippen LogP contribution < -0.4 is 16.0 Å². The summed E-state index contributed by atoms with van der Waals surface area (Å²) in [7, 11) is 3.69. The minimum absolute atomic E-state index is 0.190. The van der Waals surface area contributed by atoms with E-state index in [1.165, 1.54) is 12.1 Å². The van der Waals surface area contributed by atoms with E-state index in [-0.39, 0.29) is 5.56 Å². The monoisotopic (exact) mass is 239 g/mol. The van der Waals surface area contributed by atoms with Crippen molar-refractivity contribution in [2.24, 2.45) is 5.73 Å². The Balaban J connectivity index is 2.74. The van der Waals surface area contributed by atoms with Crippen molar-refractivity contribution in [1.82, 2.24) is 5.32 Å². The maximum absolute atomic E-state index is 13.7. The zero-order valence-corrected chi connectivity index (χ0v) is 10.2. The predicted octanol–water partition coefficient (Wildman–Crippen LogP) is 0.970. The van der Waals surface area contributed by atoms with Gasteiger partial charge in [0, 0.05) is 19.2 Å². The van der Waals surface area contributed by atoms with Crippen molar-refractivity contribution in [3.05, 3.63) is 29.6 Å². The molecule has 0 radical (unpaired) electrons. The molecule has 1 amide bonds. The average Bonchev–Trinajstić information content (AvgIpc) is 2.28. The minimum atomic E-state index is -0.617. The van der Waals surface area contributed by atoms with Crippen molar-refractivity contribution >= 4 is 11.6 Å². The highest BCUT2D eigenvalue weighted by Gasteiger charge is 2.10. The van der Waals surface area contributed by atoms with Crippen molar-refractivity contribution in [1.29, 1.82) is 0 Å². The van der Waals surface area contributed by atoms with Gasteiger partial charge >= 0.3 is 0 Å². The van der Waals surface area contributed by atoms with Gasteiger partial charge < -0.3 is 16.0 Å². The summed E-state index contributed by atoms with van der Waals surface area (Å²) in [6.45, 7) is 1.62. The van der Waals surface area contributed by atoms with E-state index in [0.29, 0.717) is 5.69 Å². The zero-order chi connectivity index (χ0) is 12.8. The molecular formula is C12H18FN3O. The first-order valence-electron chi connectivity index (χ1n) is 5.51. The maximum atomic E-state index is 13.7. The fraction of sp³-hybridized carbons (Fsp3) is 0.417. The molecule has 0 atom stereocenters. The molecule has 94 valence electrons. The summed E-state index contributed by atoms with van der Waals surface area (Å²) in [5.74, 6) is -1.04. The number of carbonyl (C=O) groups excluding carboxylic acids is 1. The van der Waals surface area contributed by atoms with Crippen LogP contribution in [0, 0.1) is 5.82 Å². The summed E-state index contributed by atoms with van der Waals surface area (Å²) in [5, 5.41) is 3.03. The summed E-state index contributed by atoms with van der Waals surface area (Å²) in [6, 6.07) is 4.29. The number of rotatable bonds is 6. The minimum Gasteiger partial charge on any atom is -0.372 e. The highest BCUT2D eigenvalue weighted by atomic mass is 19.1. The third-order valence-corrected chi connectivity index (χ3v) is 2.56. The van der Waals surface area contributed by atoms with E-state index in [0.717, 1.165) is 19.5 Å². The molecule has 17 heavy (non-hydrogen) atoms. The summed E-state index contributed by atoms with van der Waals surface area (Å²) in [6.07, 6.45) is 0.921. The molecule has 0 heterocycles. The van der Waals surface area contributed by atoms with Gasteiger partial charge in [0.2, 0.25) is 5.91 Å². The second-order valence-corrected chi connectivity index (χ2v) is 3.91. The van der Waals surface area contributed by atoms with Gasteiger partial charge in [-0.05, 0) is 38.2 Å². The third-order valence-electron chi connectivity index (χ3n) is 2.56. The van der Waals surface area contributed by atoms with Crippen molar-refractivity contribution < 1.29 is 9.18 Å². The highest BCUT2D eigenvalue weighted by molar-refractivity contribution is 5.93. The smallest absolute Gasteiger partial charge is 0.248 e. The Morgan fingerprint density at radius 2 is 2.24 bits per heavy atom. The van der Waals surface area contributed by atoms with Gasteiger partial charge in [0.15, 0.2) is 0 Å². The molecule has 0 saturated carbocycles. The van der Waals surface area contributed by atoms with Gasteiger partial charge in [-0.25, -0.2) is 4.39 Å². The number of nitrogens with zero attached hydrogens (tertiary/aromatic N) is 1. The Hall–Kier alpha value is -1.62. The molecule has 0 aliphatic carbocycles. The maximum Gasteiger partial charge on any atom is 0.248 e. The Kier molecular flexibility index (Phi) is 4.90. The molecular weight excluding hydrogens is 221 g/mol. The molecule has 1 rings (SSSR count). The van der Waals surface area contributed by atoms with E-state index in [1.54, 1.807) is 6.07 Å². The van der Waals surface area contributed by atoms with Gasteiger partial charge in [0.25, 0.3) is 0 Å². The van der Waals surface area contributed by atoms with Gasteiger partial charge in [-0.15, -0.1) is 0 Å². The van der Waals surface area contributed by atoms with Gasteiger partial charge in [-0.2, -0.15) is 0 Å². The number of halogens is 1. The van der Waals surface area contributed by atoms with Crippen LogP contribution in [0.2, 0.25) is 0 Å². The van der Waals surface area contributed by atoms with E-state index in [1.807, 2.05) is 19.0 Å². The quantitative estimate of drug-likeness (QED) is 0.727. The summed E-state index contributed by atoms with van der Waals surface area (Å²) in [5.41, 5.74) is 5.75. The number of nitrogens with one attached hydrogen (secondary N) is 1. The largest absolute Gasteiger partial charge is 0.372 e. The number of hydrogen-bond acceptors (Lipinski definition) is 3. The zero-order valence-electron chi connectivity index (χ0n) is 10.2. The fourth-order valence-electron chi connectivity index (χ4n) is 1.58. The lowest BCUT2D eigenvalue weighted by Crippen LogP contribution is -2.23. The van der Waals surface area contributed by atoms with Crippen LogP contribution >= 0.6 is 0 Å². The second-order valence-electron chi connectivity index (χ2n) is 3.91. The van der Waals surface area contributed by atoms with Crippen molar-refractivity contribution in [2.45, 2.75) is 6.42 Å². The molecule has 0 fully saturated rings. The van der Waals surface area contributed by atoms with Crippen LogP contribution in [0.25, 0.3) is 0 Å².